The minimum atomic E-state index is -0.0518. The molecule has 0 radical (unpaired) electrons. The van der Waals surface area contributed by atoms with Gasteiger partial charge in [0.05, 0.1) is 26.9 Å². The third-order valence-corrected chi connectivity index (χ3v) is 3.51. The molecule has 20 heavy (non-hydrogen) atoms. The Balaban J connectivity index is 2.70. The first-order chi connectivity index (χ1) is 9.53. The van der Waals surface area contributed by atoms with Crippen molar-refractivity contribution in [2.24, 2.45) is 0 Å². The van der Waals surface area contributed by atoms with E-state index in [4.69, 9.17) is 14.2 Å². The Kier molecular flexibility index (Phi) is 3.88. The Morgan fingerprint density at radius 3 is 2.30 bits per heavy atom. The first-order valence-corrected chi connectivity index (χ1v) is 6.29. The number of ether oxygens (including phenoxy) is 3. The predicted molar refractivity (Wildman–Crippen MR) is 75.6 cm³/mol. The zero-order valence-electron chi connectivity index (χ0n) is 12.4. The number of nitrogens with zero attached hydrogens (tertiary/aromatic N) is 1. The lowest BCUT2D eigenvalue weighted by Crippen LogP contribution is -2.32. The molecule has 108 valence electrons. The van der Waals surface area contributed by atoms with Crippen molar-refractivity contribution in [2.45, 2.75) is 13.5 Å². The fourth-order valence-electron chi connectivity index (χ4n) is 2.36. The first kappa shape index (κ1) is 14.2. The molecule has 0 saturated heterocycles. The Hall–Kier alpha value is -2.17. The number of amides is 1. The summed E-state index contributed by atoms with van der Waals surface area (Å²) in [6, 6.07) is 3.73. The van der Waals surface area contributed by atoms with Gasteiger partial charge in [0.1, 0.15) is 5.76 Å². The maximum atomic E-state index is 12.4. The monoisotopic (exact) mass is 277 g/mol. The van der Waals surface area contributed by atoms with E-state index in [0.717, 1.165) is 11.1 Å². The second-order valence-corrected chi connectivity index (χ2v) is 4.66. The highest BCUT2D eigenvalue weighted by molar-refractivity contribution is 6.21. The Morgan fingerprint density at radius 1 is 1.15 bits per heavy atom. The van der Waals surface area contributed by atoms with E-state index in [2.05, 4.69) is 0 Å². The van der Waals surface area contributed by atoms with Gasteiger partial charge in [-0.1, -0.05) is 0 Å². The summed E-state index contributed by atoms with van der Waals surface area (Å²) in [4.78, 5) is 14.0. The quantitative estimate of drug-likeness (QED) is 0.627. The van der Waals surface area contributed by atoms with Crippen LogP contribution in [0.2, 0.25) is 0 Å². The minimum absolute atomic E-state index is 0.0518. The van der Waals surface area contributed by atoms with E-state index in [-0.39, 0.29) is 5.91 Å². The summed E-state index contributed by atoms with van der Waals surface area (Å²) in [5, 5.41) is 0. The molecule has 1 heterocycles. The van der Waals surface area contributed by atoms with Crippen LogP contribution in [0.25, 0.3) is 5.57 Å². The van der Waals surface area contributed by atoms with E-state index in [1.807, 2.05) is 12.1 Å². The largest absolute Gasteiger partial charge is 0.501 e. The van der Waals surface area contributed by atoms with Gasteiger partial charge in [0, 0.05) is 13.6 Å². The van der Waals surface area contributed by atoms with Gasteiger partial charge in [-0.05, 0) is 30.2 Å². The average Bonchev–Trinajstić information content (AvgIpc) is 2.46. The molecule has 5 heteroatoms. The molecule has 5 nitrogen and oxygen atoms in total. The summed E-state index contributed by atoms with van der Waals surface area (Å²) < 4.78 is 15.9. The van der Waals surface area contributed by atoms with Crippen molar-refractivity contribution in [3.8, 4) is 11.5 Å². The molecular weight excluding hydrogens is 258 g/mol. The van der Waals surface area contributed by atoms with Crippen molar-refractivity contribution in [3.05, 3.63) is 29.0 Å². The van der Waals surface area contributed by atoms with Crippen LogP contribution in [0.5, 0.6) is 11.5 Å². The number of hydrogen-bond acceptors (Lipinski definition) is 4. The van der Waals surface area contributed by atoms with E-state index in [0.29, 0.717) is 29.4 Å². The van der Waals surface area contributed by atoms with Gasteiger partial charge in [-0.2, -0.15) is 0 Å². The van der Waals surface area contributed by atoms with Crippen LogP contribution < -0.4 is 9.47 Å². The fourth-order valence-corrected chi connectivity index (χ4v) is 2.36. The molecule has 0 bridgehead atoms. The van der Waals surface area contributed by atoms with E-state index in [9.17, 15) is 4.79 Å². The zero-order chi connectivity index (χ0) is 14.9. The maximum absolute atomic E-state index is 12.4. The van der Waals surface area contributed by atoms with Gasteiger partial charge in [-0.25, -0.2) is 0 Å². The molecule has 2 rings (SSSR count). The molecule has 1 aliphatic rings. The zero-order valence-corrected chi connectivity index (χ0v) is 12.4. The number of allylic oxidation sites excluding steroid dienone is 1. The van der Waals surface area contributed by atoms with Crippen LogP contribution in [0, 0.1) is 0 Å². The molecule has 0 spiro atoms. The number of benzene rings is 1. The molecule has 1 aromatic rings. The Labute approximate surface area is 118 Å². The smallest absolute Gasteiger partial charge is 0.257 e. The average molecular weight is 277 g/mol. The van der Waals surface area contributed by atoms with E-state index in [1.165, 1.54) is 0 Å². The minimum Gasteiger partial charge on any atom is -0.501 e. The van der Waals surface area contributed by atoms with Gasteiger partial charge in [0.2, 0.25) is 0 Å². The number of hydrogen-bond donors (Lipinski definition) is 0. The van der Waals surface area contributed by atoms with Gasteiger partial charge in [-0.3, -0.25) is 4.79 Å². The first-order valence-electron chi connectivity index (χ1n) is 6.29. The van der Waals surface area contributed by atoms with Crippen LogP contribution in [0.3, 0.4) is 0 Å². The molecule has 1 aromatic carbocycles. The number of carbonyl (C=O) groups is 1. The second-order valence-electron chi connectivity index (χ2n) is 4.66. The van der Waals surface area contributed by atoms with E-state index >= 15 is 0 Å². The number of carbonyl (C=O) groups excluding carboxylic acids is 1. The Bertz CT molecular complexity index is 577. The van der Waals surface area contributed by atoms with Gasteiger partial charge in [-0.15, -0.1) is 0 Å². The molecule has 0 N–H and O–H groups in total. The van der Waals surface area contributed by atoms with Crippen molar-refractivity contribution in [1.82, 2.24) is 4.90 Å². The highest BCUT2D eigenvalue weighted by Gasteiger charge is 2.29. The molecule has 1 aliphatic heterocycles. The van der Waals surface area contributed by atoms with E-state index < -0.39 is 0 Å². The molecule has 0 aromatic heterocycles. The fraction of sp³-hybridized carbons (Fsp3) is 0.400. The topological polar surface area (TPSA) is 48.0 Å². The van der Waals surface area contributed by atoms with E-state index in [1.54, 1.807) is 40.2 Å². The van der Waals surface area contributed by atoms with Crippen LogP contribution >= 0.6 is 0 Å². The van der Waals surface area contributed by atoms with Gasteiger partial charge < -0.3 is 19.1 Å². The van der Waals surface area contributed by atoms with Crippen LogP contribution in [0.1, 0.15) is 18.1 Å². The highest BCUT2D eigenvalue weighted by atomic mass is 16.5. The molecule has 0 aliphatic carbocycles. The number of likely N-dealkylation sites (N-methyl/N-ethyl adjacent to an activating group) is 1. The molecule has 0 atom stereocenters. The maximum Gasteiger partial charge on any atom is 0.257 e. The van der Waals surface area contributed by atoms with Crippen molar-refractivity contribution in [1.29, 1.82) is 0 Å². The lowest BCUT2D eigenvalue weighted by molar-refractivity contribution is -0.124. The summed E-state index contributed by atoms with van der Waals surface area (Å²) in [7, 11) is 6.50. The summed E-state index contributed by atoms with van der Waals surface area (Å²) in [5.41, 5.74) is 2.42. The highest BCUT2D eigenvalue weighted by Crippen LogP contribution is 2.38. The lowest BCUT2D eigenvalue weighted by atomic mass is 9.93. The standard InChI is InChI=1S/C15H19NO4/c1-9(18-3)14-11-7-13(20-5)12(19-4)6-10(11)8-16(2)15(14)17/h6-7H,8H2,1-5H3/b14-9+. The van der Waals surface area contributed by atoms with Crippen LogP contribution in [-0.4, -0.2) is 39.2 Å². The van der Waals surface area contributed by atoms with Gasteiger partial charge >= 0.3 is 0 Å². The van der Waals surface area contributed by atoms with Crippen molar-refractivity contribution < 1.29 is 19.0 Å². The number of rotatable bonds is 3. The summed E-state index contributed by atoms with van der Waals surface area (Å²) in [6.45, 7) is 2.32. The predicted octanol–water partition coefficient (Wildman–Crippen LogP) is 2.05. The summed E-state index contributed by atoms with van der Waals surface area (Å²) in [6.07, 6.45) is 0. The van der Waals surface area contributed by atoms with Gasteiger partial charge in [0.25, 0.3) is 5.91 Å². The second kappa shape index (κ2) is 5.45. The van der Waals surface area contributed by atoms with Crippen molar-refractivity contribution in [2.75, 3.05) is 28.4 Å². The number of fused-ring (bicyclic) bond motifs is 1. The van der Waals surface area contributed by atoms with Gasteiger partial charge in [0.15, 0.2) is 11.5 Å². The Morgan fingerprint density at radius 2 is 1.75 bits per heavy atom. The van der Waals surface area contributed by atoms with Crippen molar-refractivity contribution >= 4 is 11.5 Å². The molecule has 1 amide bonds. The summed E-state index contributed by atoms with van der Waals surface area (Å²) >= 11 is 0. The van der Waals surface area contributed by atoms with Crippen LogP contribution in [0.15, 0.2) is 17.9 Å². The lowest BCUT2D eigenvalue weighted by Gasteiger charge is -2.28. The SMILES string of the molecule is CO/C(C)=C1/C(=O)N(C)Cc2cc(OC)c(OC)cc21. The molecular formula is C15H19NO4. The van der Waals surface area contributed by atoms with Crippen molar-refractivity contribution in [3.63, 3.8) is 0 Å². The molecule has 0 saturated carbocycles. The normalized spacial score (nSPS) is 16.6. The van der Waals surface area contributed by atoms with Crippen LogP contribution in [0.4, 0.5) is 0 Å². The molecule has 0 fully saturated rings. The number of methoxy groups -OCH3 is 3. The van der Waals surface area contributed by atoms with Crippen LogP contribution in [-0.2, 0) is 16.1 Å². The third kappa shape index (κ3) is 2.19. The molecule has 0 unspecified atom stereocenters. The summed E-state index contributed by atoms with van der Waals surface area (Å²) in [5.74, 6) is 1.80. The third-order valence-electron chi connectivity index (χ3n) is 3.51.